The number of benzene rings is 1. The van der Waals surface area contributed by atoms with Crippen LogP contribution >= 0.6 is 0 Å². The molecule has 0 aliphatic rings. The Hall–Kier alpha value is -3.82. The first-order chi connectivity index (χ1) is 13.9. The molecule has 0 unspecified atom stereocenters. The predicted octanol–water partition coefficient (Wildman–Crippen LogP) is 0.569. The fourth-order valence-electron chi connectivity index (χ4n) is 2.19. The van der Waals surface area contributed by atoms with Crippen molar-refractivity contribution in [1.82, 2.24) is 10.6 Å². The van der Waals surface area contributed by atoms with Crippen LogP contribution in [0.1, 0.15) is 20.9 Å². The number of rotatable bonds is 10. The zero-order chi connectivity index (χ0) is 21.2. The number of carbonyl (C=O) groups is 4. The van der Waals surface area contributed by atoms with Crippen LogP contribution < -0.4 is 20.1 Å². The minimum atomic E-state index is -0.809. The standard InChI is InChI=1S/C19H20N2O8/c1-26-12-5-6-13(16(8-12)27-2)14(22)11-29-18(24)10-20-17(23)9-21-19(25)15-4-3-7-28-15/h3-8H,9-11H2,1-2H3,(H,20,23)(H,21,25). The second-order valence-corrected chi connectivity index (χ2v) is 5.59. The molecular formula is C19H20N2O8. The van der Waals surface area contributed by atoms with E-state index in [1.54, 1.807) is 6.07 Å². The van der Waals surface area contributed by atoms with E-state index >= 15 is 0 Å². The normalized spacial score (nSPS) is 10.0. The molecule has 0 aliphatic heterocycles. The summed E-state index contributed by atoms with van der Waals surface area (Å²) < 4.78 is 19.9. The second-order valence-electron chi connectivity index (χ2n) is 5.59. The molecule has 10 heteroatoms. The quantitative estimate of drug-likeness (QED) is 0.434. The lowest BCUT2D eigenvalue weighted by Crippen LogP contribution is -2.39. The van der Waals surface area contributed by atoms with Crippen LogP contribution in [0.4, 0.5) is 0 Å². The Morgan fingerprint density at radius 2 is 1.79 bits per heavy atom. The molecule has 2 amide bonds. The molecule has 154 valence electrons. The van der Waals surface area contributed by atoms with E-state index in [0.29, 0.717) is 5.75 Å². The third kappa shape index (κ3) is 6.38. The summed E-state index contributed by atoms with van der Waals surface area (Å²) in [4.78, 5) is 47.2. The predicted molar refractivity (Wildman–Crippen MR) is 98.9 cm³/mol. The lowest BCUT2D eigenvalue weighted by Gasteiger charge is -2.10. The van der Waals surface area contributed by atoms with E-state index in [4.69, 9.17) is 18.6 Å². The van der Waals surface area contributed by atoms with Crippen molar-refractivity contribution in [2.24, 2.45) is 0 Å². The van der Waals surface area contributed by atoms with Crippen molar-refractivity contribution in [2.75, 3.05) is 33.9 Å². The molecule has 0 fully saturated rings. The Labute approximate surface area is 166 Å². The number of hydrogen-bond donors (Lipinski definition) is 2. The number of hydrogen-bond acceptors (Lipinski definition) is 8. The summed E-state index contributed by atoms with van der Waals surface area (Å²) in [6.07, 6.45) is 1.33. The topological polar surface area (TPSA) is 133 Å². The SMILES string of the molecule is COc1ccc(C(=O)COC(=O)CNC(=O)CNC(=O)c2ccco2)c(OC)c1. The monoisotopic (exact) mass is 404 g/mol. The Morgan fingerprint density at radius 1 is 1.00 bits per heavy atom. The fraction of sp³-hybridized carbons (Fsp3) is 0.263. The molecule has 1 aromatic heterocycles. The number of nitrogens with one attached hydrogen (secondary N) is 2. The minimum Gasteiger partial charge on any atom is -0.497 e. The van der Waals surface area contributed by atoms with Crippen LogP contribution in [-0.4, -0.2) is 57.5 Å². The van der Waals surface area contributed by atoms with Crippen molar-refractivity contribution in [3.05, 3.63) is 47.9 Å². The number of Topliss-reactive ketones (excluding diaryl/α,β-unsaturated/α-hetero) is 1. The van der Waals surface area contributed by atoms with Crippen molar-refractivity contribution >= 4 is 23.6 Å². The third-order valence-corrected chi connectivity index (χ3v) is 3.66. The van der Waals surface area contributed by atoms with Gasteiger partial charge in [0.15, 0.2) is 12.4 Å². The molecule has 0 saturated heterocycles. The molecule has 2 aromatic rings. The van der Waals surface area contributed by atoms with E-state index in [0.717, 1.165) is 0 Å². The van der Waals surface area contributed by atoms with E-state index in [1.165, 1.54) is 44.7 Å². The Morgan fingerprint density at radius 3 is 2.45 bits per heavy atom. The number of esters is 1. The summed E-state index contributed by atoms with van der Waals surface area (Å²) in [5.74, 6) is -1.60. The minimum absolute atomic E-state index is 0.0599. The van der Waals surface area contributed by atoms with Gasteiger partial charge in [-0.05, 0) is 24.3 Å². The average Bonchev–Trinajstić information content (AvgIpc) is 3.28. The zero-order valence-corrected chi connectivity index (χ0v) is 15.9. The average molecular weight is 404 g/mol. The second kappa shape index (κ2) is 10.5. The molecule has 0 atom stereocenters. The van der Waals surface area contributed by atoms with E-state index in [2.05, 4.69) is 10.6 Å². The summed E-state index contributed by atoms with van der Waals surface area (Å²) in [5.41, 5.74) is 0.228. The highest BCUT2D eigenvalue weighted by molar-refractivity contribution is 6.00. The Balaban J connectivity index is 1.73. The zero-order valence-electron chi connectivity index (χ0n) is 15.9. The van der Waals surface area contributed by atoms with Gasteiger partial charge in [-0.25, -0.2) is 0 Å². The van der Waals surface area contributed by atoms with Crippen LogP contribution in [0.15, 0.2) is 41.0 Å². The number of ketones is 1. The van der Waals surface area contributed by atoms with Crippen LogP contribution in [0.3, 0.4) is 0 Å². The highest BCUT2D eigenvalue weighted by Crippen LogP contribution is 2.24. The Kier molecular flexibility index (Phi) is 7.78. The molecular weight excluding hydrogens is 384 g/mol. The summed E-state index contributed by atoms with van der Waals surface area (Å²) in [6.45, 7) is -1.33. The van der Waals surface area contributed by atoms with Gasteiger partial charge in [0.1, 0.15) is 18.0 Å². The van der Waals surface area contributed by atoms with Crippen molar-refractivity contribution in [1.29, 1.82) is 0 Å². The first kappa shape index (κ1) is 21.5. The fourth-order valence-corrected chi connectivity index (χ4v) is 2.19. The van der Waals surface area contributed by atoms with Gasteiger partial charge in [0.2, 0.25) is 11.7 Å². The summed E-state index contributed by atoms with van der Waals surface area (Å²) >= 11 is 0. The van der Waals surface area contributed by atoms with E-state index in [1.807, 2.05) is 0 Å². The lowest BCUT2D eigenvalue weighted by atomic mass is 10.1. The first-order valence-electron chi connectivity index (χ1n) is 8.44. The lowest BCUT2D eigenvalue weighted by molar-refractivity contribution is -0.142. The smallest absolute Gasteiger partial charge is 0.325 e. The molecule has 0 aliphatic carbocycles. The van der Waals surface area contributed by atoms with Crippen LogP contribution in [0.5, 0.6) is 11.5 Å². The highest BCUT2D eigenvalue weighted by Gasteiger charge is 2.16. The van der Waals surface area contributed by atoms with Gasteiger partial charge in [0.05, 0.1) is 32.6 Å². The van der Waals surface area contributed by atoms with E-state index in [-0.39, 0.29) is 23.6 Å². The molecule has 29 heavy (non-hydrogen) atoms. The van der Waals surface area contributed by atoms with Gasteiger partial charge < -0.3 is 29.3 Å². The maximum Gasteiger partial charge on any atom is 0.325 e. The van der Waals surface area contributed by atoms with Crippen molar-refractivity contribution in [2.45, 2.75) is 0 Å². The van der Waals surface area contributed by atoms with E-state index < -0.39 is 36.7 Å². The largest absolute Gasteiger partial charge is 0.497 e. The highest BCUT2D eigenvalue weighted by atomic mass is 16.5. The molecule has 0 bridgehead atoms. The third-order valence-electron chi connectivity index (χ3n) is 3.66. The number of amides is 2. The van der Waals surface area contributed by atoms with Gasteiger partial charge in [0, 0.05) is 6.07 Å². The first-order valence-corrected chi connectivity index (χ1v) is 8.44. The van der Waals surface area contributed by atoms with Crippen LogP contribution in [0, 0.1) is 0 Å². The summed E-state index contributed by atoms with van der Waals surface area (Å²) in [6, 6.07) is 7.59. The molecule has 0 spiro atoms. The van der Waals surface area contributed by atoms with Gasteiger partial charge in [-0.3, -0.25) is 19.2 Å². The maximum atomic E-state index is 12.2. The number of ether oxygens (including phenoxy) is 3. The van der Waals surface area contributed by atoms with Gasteiger partial charge >= 0.3 is 5.97 Å². The van der Waals surface area contributed by atoms with Gasteiger partial charge in [-0.1, -0.05) is 0 Å². The summed E-state index contributed by atoms with van der Waals surface area (Å²) in [5, 5.41) is 4.60. The molecule has 10 nitrogen and oxygen atoms in total. The van der Waals surface area contributed by atoms with Crippen LogP contribution in [-0.2, 0) is 14.3 Å². The molecule has 0 radical (unpaired) electrons. The van der Waals surface area contributed by atoms with Crippen molar-refractivity contribution < 1.29 is 37.8 Å². The van der Waals surface area contributed by atoms with Crippen LogP contribution in [0.2, 0.25) is 0 Å². The molecule has 2 rings (SSSR count). The molecule has 0 saturated carbocycles. The van der Waals surface area contributed by atoms with E-state index in [9.17, 15) is 19.2 Å². The number of carbonyl (C=O) groups excluding carboxylic acids is 4. The molecule has 1 aromatic carbocycles. The number of methoxy groups -OCH3 is 2. The molecule has 2 N–H and O–H groups in total. The maximum absolute atomic E-state index is 12.2. The number of furan rings is 1. The van der Waals surface area contributed by atoms with Gasteiger partial charge in [-0.2, -0.15) is 0 Å². The van der Waals surface area contributed by atoms with Gasteiger partial charge in [-0.15, -0.1) is 0 Å². The summed E-state index contributed by atoms with van der Waals surface area (Å²) in [7, 11) is 2.88. The Bertz CT molecular complexity index is 876. The van der Waals surface area contributed by atoms with Crippen LogP contribution in [0.25, 0.3) is 0 Å². The van der Waals surface area contributed by atoms with Crippen molar-refractivity contribution in [3.8, 4) is 11.5 Å². The van der Waals surface area contributed by atoms with Crippen molar-refractivity contribution in [3.63, 3.8) is 0 Å². The van der Waals surface area contributed by atoms with Gasteiger partial charge in [0.25, 0.3) is 5.91 Å². The molecule has 1 heterocycles.